The highest BCUT2D eigenvalue weighted by Crippen LogP contribution is 2.31. The van der Waals surface area contributed by atoms with Gasteiger partial charge in [-0.1, -0.05) is 41.1 Å². The van der Waals surface area contributed by atoms with Gasteiger partial charge in [-0.15, -0.1) is 0 Å². The third-order valence-corrected chi connectivity index (χ3v) is 4.61. The Hall–Kier alpha value is -2.45. The number of rotatable bonds is 3. The molecule has 9 heteroatoms. The number of halogens is 1. The van der Waals surface area contributed by atoms with Gasteiger partial charge in [-0.25, -0.2) is 4.98 Å². The van der Waals surface area contributed by atoms with Crippen LogP contribution in [0.1, 0.15) is 16.2 Å². The molecule has 1 aliphatic rings. The predicted molar refractivity (Wildman–Crippen MR) is 91.2 cm³/mol. The molecule has 0 aliphatic carbocycles. The third kappa shape index (κ3) is 3.72. The molecule has 24 heavy (non-hydrogen) atoms. The van der Waals surface area contributed by atoms with Gasteiger partial charge in [0, 0.05) is 18.3 Å². The van der Waals surface area contributed by atoms with Gasteiger partial charge in [-0.05, 0) is 12.5 Å². The lowest BCUT2D eigenvalue weighted by atomic mass is 10.2. The Morgan fingerprint density at radius 3 is 3.04 bits per heavy atom. The zero-order valence-corrected chi connectivity index (χ0v) is 14.0. The summed E-state index contributed by atoms with van der Waals surface area (Å²) in [6.07, 6.45) is 3.82. The molecule has 0 aromatic carbocycles. The molecule has 2 amide bonds. The second-order valence-electron chi connectivity index (χ2n) is 5.00. The second-order valence-corrected chi connectivity index (χ2v) is 6.60. The first-order valence-electron chi connectivity index (χ1n) is 7.22. The van der Waals surface area contributed by atoms with E-state index in [1.54, 1.807) is 24.5 Å². The molecule has 1 atom stereocenters. The van der Waals surface area contributed by atoms with Crippen molar-refractivity contribution in [2.45, 2.75) is 12.5 Å². The molecule has 3 heterocycles. The molecular weight excluding hydrogens is 350 g/mol. The summed E-state index contributed by atoms with van der Waals surface area (Å²) in [5, 5.41) is 12.3. The maximum Gasteiger partial charge on any atom is 0.280 e. The van der Waals surface area contributed by atoms with Crippen molar-refractivity contribution in [3.05, 3.63) is 46.0 Å². The monoisotopic (exact) mass is 363 g/mol. The smallest absolute Gasteiger partial charge is 0.280 e. The molecule has 3 rings (SSSR count). The maximum absolute atomic E-state index is 12.3. The largest absolute Gasteiger partial charge is 0.354 e. The van der Waals surface area contributed by atoms with Crippen molar-refractivity contribution < 1.29 is 9.59 Å². The minimum atomic E-state index is -0.521. The van der Waals surface area contributed by atoms with E-state index in [9.17, 15) is 9.59 Å². The third-order valence-electron chi connectivity index (χ3n) is 3.35. The number of thiazole rings is 1. The molecule has 0 spiro atoms. The van der Waals surface area contributed by atoms with E-state index in [-0.39, 0.29) is 10.9 Å². The van der Waals surface area contributed by atoms with Crippen LogP contribution < -0.4 is 10.6 Å². The van der Waals surface area contributed by atoms with Crippen molar-refractivity contribution >= 4 is 34.8 Å². The van der Waals surface area contributed by atoms with Crippen LogP contribution in [-0.2, 0) is 4.79 Å². The summed E-state index contributed by atoms with van der Waals surface area (Å²) >= 11 is 7.30. The highest BCUT2D eigenvalue weighted by molar-refractivity contribution is 7.18. The molecule has 0 saturated carbocycles. The lowest BCUT2D eigenvalue weighted by molar-refractivity contribution is -0.120. The van der Waals surface area contributed by atoms with E-state index in [2.05, 4.69) is 25.8 Å². The quantitative estimate of drug-likeness (QED) is 0.775. The molecule has 7 nitrogen and oxygen atoms in total. The Morgan fingerprint density at radius 1 is 1.38 bits per heavy atom. The zero-order chi connectivity index (χ0) is 16.9. The summed E-state index contributed by atoms with van der Waals surface area (Å²) in [7, 11) is 0. The summed E-state index contributed by atoms with van der Waals surface area (Å²) in [5.41, 5.74) is 1.14. The van der Waals surface area contributed by atoms with Crippen molar-refractivity contribution in [3.63, 3.8) is 0 Å². The van der Waals surface area contributed by atoms with Crippen LogP contribution in [0.2, 0.25) is 4.34 Å². The van der Waals surface area contributed by atoms with Gasteiger partial charge in [0.05, 0.1) is 6.20 Å². The number of amides is 2. The van der Waals surface area contributed by atoms with Crippen LogP contribution in [0.4, 0.5) is 0 Å². The van der Waals surface area contributed by atoms with Crippen molar-refractivity contribution in [2.24, 2.45) is 0 Å². The summed E-state index contributed by atoms with van der Waals surface area (Å²) in [5.74, 6) is -0.591. The van der Waals surface area contributed by atoms with Gasteiger partial charge in [0.2, 0.25) is 5.91 Å². The van der Waals surface area contributed by atoms with E-state index in [1.807, 2.05) is 12.1 Å². The first-order chi connectivity index (χ1) is 11.6. The van der Waals surface area contributed by atoms with Crippen LogP contribution >= 0.6 is 22.9 Å². The van der Waals surface area contributed by atoms with Gasteiger partial charge in [0.1, 0.15) is 16.1 Å². The number of hydrogen-bond donors (Lipinski definition) is 3. The number of aromatic amines is 1. The molecule has 1 aliphatic heterocycles. The Labute approximate surface area is 146 Å². The highest BCUT2D eigenvalue weighted by atomic mass is 35.5. The lowest BCUT2D eigenvalue weighted by Gasteiger charge is -2.07. The first kappa shape index (κ1) is 16.4. The van der Waals surface area contributed by atoms with Gasteiger partial charge in [0.15, 0.2) is 5.01 Å². The minimum absolute atomic E-state index is 0.180. The van der Waals surface area contributed by atoms with Gasteiger partial charge < -0.3 is 10.6 Å². The molecule has 124 valence electrons. The Morgan fingerprint density at radius 2 is 2.25 bits per heavy atom. The van der Waals surface area contributed by atoms with E-state index in [4.69, 9.17) is 11.6 Å². The maximum atomic E-state index is 12.3. The van der Waals surface area contributed by atoms with Gasteiger partial charge in [-0.3, -0.25) is 14.7 Å². The van der Waals surface area contributed by atoms with E-state index in [1.165, 1.54) is 0 Å². The van der Waals surface area contributed by atoms with E-state index in [0.29, 0.717) is 28.6 Å². The van der Waals surface area contributed by atoms with E-state index >= 15 is 0 Å². The highest BCUT2D eigenvalue weighted by Gasteiger charge is 2.27. The summed E-state index contributed by atoms with van der Waals surface area (Å²) in [4.78, 5) is 28.1. The molecule has 2 aromatic rings. The average molecular weight is 364 g/mol. The minimum Gasteiger partial charge on any atom is -0.354 e. The van der Waals surface area contributed by atoms with Crippen LogP contribution in [0.5, 0.6) is 0 Å². The number of nitrogens with one attached hydrogen (secondary N) is 3. The molecule has 3 N–H and O–H groups in total. The number of aromatic nitrogens is 3. The molecule has 1 fully saturated rings. The van der Waals surface area contributed by atoms with Gasteiger partial charge in [0.25, 0.3) is 5.91 Å². The fourth-order valence-electron chi connectivity index (χ4n) is 2.18. The summed E-state index contributed by atoms with van der Waals surface area (Å²) in [6.45, 7) is 0.560. The fraction of sp³-hybridized carbons (Fsp3) is 0.200. The number of carbonyl (C=O) groups is 2. The molecule has 0 bridgehead atoms. The standard InChI is InChI=1S/C15H14ClN5O2S/c16-12-11(9-4-2-1-3-6-18-19-8-9)21-15(24-12)14(23)20-10-5-7-17-13(10)22/h1-4,6,8,10,18H,5,7H2,(H,17,22)(H,20,23). The first-order valence-corrected chi connectivity index (χ1v) is 8.42. The van der Waals surface area contributed by atoms with Crippen molar-refractivity contribution in [3.8, 4) is 11.3 Å². The SMILES string of the molecule is O=C(NC1CCNC1=O)c1nc(-c2ccccc[nH]nc2)c(Cl)s1. The van der Waals surface area contributed by atoms with Crippen LogP contribution in [0.25, 0.3) is 11.3 Å². The van der Waals surface area contributed by atoms with Gasteiger partial charge >= 0.3 is 0 Å². The van der Waals surface area contributed by atoms with Crippen LogP contribution in [0.15, 0.2) is 36.7 Å². The number of nitrogens with zero attached hydrogens (tertiary/aromatic N) is 2. The topological polar surface area (TPSA) is 99.8 Å². The normalized spacial score (nSPS) is 16.4. The number of carbonyl (C=O) groups excluding carboxylic acids is 2. The number of hydrogen-bond acceptors (Lipinski definition) is 5. The zero-order valence-electron chi connectivity index (χ0n) is 12.5. The average Bonchev–Trinajstić information content (AvgIpc) is 3.16. The van der Waals surface area contributed by atoms with Crippen molar-refractivity contribution in [1.29, 1.82) is 0 Å². The second kappa shape index (κ2) is 7.41. The molecule has 1 saturated heterocycles. The van der Waals surface area contributed by atoms with Gasteiger partial charge in [-0.2, -0.15) is 5.10 Å². The summed E-state index contributed by atoms with van der Waals surface area (Å²) in [6, 6.07) is 6.73. The van der Waals surface area contributed by atoms with E-state index in [0.717, 1.165) is 11.3 Å². The molecular formula is C15H14ClN5O2S. The van der Waals surface area contributed by atoms with Crippen LogP contribution in [0.3, 0.4) is 0 Å². The summed E-state index contributed by atoms with van der Waals surface area (Å²) < 4.78 is 0.384. The molecule has 0 radical (unpaired) electrons. The number of H-pyrrole nitrogens is 1. The van der Waals surface area contributed by atoms with E-state index < -0.39 is 11.9 Å². The molecule has 2 aromatic heterocycles. The Bertz CT molecular complexity index is 794. The van der Waals surface area contributed by atoms with Crippen LogP contribution in [0, 0.1) is 0 Å². The fourth-order valence-corrected chi connectivity index (χ4v) is 3.27. The predicted octanol–water partition coefficient (Wildman–Crippen LogP) is 1.93. The van der Waals surface area contributed by atoms with Crippen LogP contribution in [-0.4, -0.2) is 39.6 Å². The Kier molecular flexibility index (Phi) is 5.07. The van der Waals surface area contributed by atoms with Crippen molar-refractivity contribution in [1.82, 2.24) is 25.8 Å². The lowest BCUT2D eigenvalue weighted by Crippen LogP contribution is -2.40. The molecule has 1 unspecified atom stereocenters. The van der Waals surface area contributed by atoms with Crippen molar-refractivity contribution in [2.75, 3.05) is 6.54 Å². The Balaban J connectivity index is 1.86.